The summed E-state index contributed by atoms with van der Waals surface area (Å²) in [5.41, 5.74) is 2.67. The van der Waals surface area contributed by atoms with Crippen molar-refractivity contribution in [3.05, 3.63) is 70.7 Å². The van der Waals surface area contributed by atoms with Gasteiger partial charge in [0, 0.05) is 11.1 Å². The number of aryl methyl sites for hydroxylation is 1. The standard InChI is InChI=1S/C18H22ClN/c1-2-13-20-18(16-8-4-3-5-9-16)12-11-15-7-6-10-17(19)14-15/h3-10,14,18,20H,2,11-13H2,1H3. The van der Waals surface area contributed by atoms with Crippen molar-refractivity contribution in [2.45, 2.75) is 32.2 Å². The van der Waals surface area contributed by atoms with Gasteiger partial charge in [0.15, 0.2) is 0 Å². The van der Waals surface area contributed by atoms with E-state index in [4.69, 9.17) is 11.6 Å². The van der Waals surface area contributed by atoms with Crippen molar-refractivity contribution in [1.29, 1.82) is 0 Å². The molecule has 0 fully saturated rings. The van der Waals surface area contributed by atoms with Crippen molar-refractivity contribution in [3.8, 4) is 0 Å². The first-order valence-electron chi connectivity index (χ1n) is 7.32. The van der Waals surface area contributed by atoms with Gasteiger partial charge < -0.3 is 5.32 Å². The Morgan fingerprint density at radius 1 is 1.05 bits per heavy atom. The van der Waals surface area contributed by atoms with Crippen molar-refractivity contribution in [2.75, 3.05) is 6.54 Å². The van der Waals surface area contributed by atoms with Gasteiger partial charge in [-0.25, -0.2) is 0 Å². The van der Waals surface area contributed by atoms with Crippen LogP contribution in [0.4, 0.5) is 0 Å². The molecule has 0 heterocycles. The Morgan fingerprint density at radius 3 is 2.55 bits per heavy atom. The Hall–Kier alpha value is -1.31. The molecule has 0 aliphatic heterocycles. The number of hydrogen-bond donors (Lipinski definition) is 1. The lowest BCUT2D eigenvalue weighted by Crippen LogP contribution is -2.22. The van der Waals surface area contributed by atoms with E-state index in [2.05, 4.69) is 54.7 Å². The molecule has 2 aromatic carbocycles. The number of halogens is 1. The molecule has 20 heavy (non-hydrogen) atoms. The molecule has 2 rings (SSSR count). The van der Waals surface area contributed by atoms with Crippen molar-refractivity contribution in [1.82, 2.24) is 5.32 Å². The number of nitrogens with one attached hydrogen (secondary N) is 1. The third-order valence-corrected chi connectivity index (χ3v) is 3.69. The zero-order chi connectivity index (χ0) is 14.2. The molecule has 0 bridgehead atoms. The van der Waals surface area contributed by atoms with E-state index in [-0.39, 0.29) is 0 Å². The zero-order valence-electron chi connectivity index (χ0n) is 12.0. The monoisotopic (exact) mass is 287 g/mol. The van der Waals surface area contributed by atoms with Crippen molar-refractivity contribution in [3.63, 3.8) is 0 Å². The summed E-state index contributed by atoms with van der Waals surface area (Å²) in [6.45, 7) is 3.25. The quantitative estimate of drug-likeness (QED) is 0.754. The summed E-state index contributed by atoms with van der Waals surface area (Å²) in [5, 5.41) is 4.46. The second kappa shape index (κ2) is 8.08. The number of benzene rings is 2. The molecule has 0 saturated heterocycles. The Labute approximate surface area is 127 Å². The molecule has 2 aromatic rings. The summed E-state index contributed by atoms with van der Waals surface area (Å²) in [4.78, 5) is 0. The lowest BCUT2D eigenvalue weighted by molar-refractivity contribution is 0.499. The molecular formula is C18H22ClN. The lowest BCUT2D eigenvalue weighted by atomic mass is 9.99. The normalized spacial score (nSPS) is 12.3. The van der Waals surface area contributed by atoms with Crippen LogP contribution in [-0.4, -0.2) is 6.54 Å². The van der Waals surface area contributed by atoms with E-state index in [1.54, 1.807) is 0 Å². The molecule has 0 saturated carbocycles. The Bertz CT molecular complexity index is 510. The molecule has 2 heteroatoms. The molecule has 0 radical (unpaired) electrons. The molecule has 0 aromatic heterocycles. The summed E-state index contributed by atoms with van der Waals surface area (Å²) in [7, 11) is 0. The van der Waals surface area contributed by atoms with Crippen molar-refractivity contribution in [2.24, 2.45) is 0 Å². The van der Waals surface area contributed by atoms with Crippen LogP contribution in [0.5, 0.6) is 0 Å². The smallest absolute Gasteiger partial charge is 0.0408 e. The van der Waals surface area contributed by atoms with Crippen LogP contribution in [-0.2, 0) is 6.42 Å². The predicted molar refractivity (Wildman–Crippen MR) is 87.2 cm³/mol. The summed E-state index contributed by atoms with van der Waals surface area (Å²) in [6, 6.07) is 19.2. The van der Waals surface area contributed by atoms with E-state index < -0.39 is 0 Å². The molecule has 0 spiro atoms. The minimum Gasteiger partial charge on any atom is -0.310 e. The Kier molecular flexibility index (Phi) is 6.10. The van der Waals surface area contributed by atoms with Crippen molar-refractivity contribution < 1.29 is 0 Å². The van der Waals surface area contributed by atoms with Gasteiger partial charge in [0.25, 0.3) is 0 Å². The van der Waals surface area contributed by atoms with Crippen molar-refractivity contribution >= 4 is 11.6 Å². The minimum absolute atomic E-state index is 0.412. The number of rotatable bonds is 7. The van der Waals surface area contributed by atoms with Gasteiger partial charge in [0.05, 0.1) is 0 Å². The maximum absolute atomic E-state index is 6.05. The van der Waals surface area contributed by atoms with Gasteiger partial charge >= 0.3 is 0 Å². The second-order valence-electron chi connectivity index (χ2n) is 5.09. The van der Waals surface area contributed by atoms with Gasteiger partial charge in [-0.1, -0.05) is 61.0 Å². The number of hydrogen-bond acceptors (Lipinski definition) is 1. The van der Waals surface area contributed by atoms with E-state index >= 15 is 0 Å². The molecule has 1 nitrogen and oxygen atoms in total. The third kappa shape index (κ3) is 4.66. The zero-order valence-corrected chi connectivity index (χ0v) is 12.7. The van der Waals surface area contributed by atoms with E-state index in [1.165, 1.54) is 11.1 Å². The summed E-state index contributed by atoms with van der Waals surface area (Å²) in [5.74, 6) is 0. The van der Waals surface area contributed by atoms with E-state index in [1.807, 2.05) is 12.1 Å². The lowest BCUT2D eigenvalue weighted by Gasteiger charge is -2.19. The van der Waals surface area contributed by atoms with Gasteiger partial charge in [0.2, 0.25) is 0 Å². The average Bonchev–Trinajstić information content (AvgIpc) is 2.48. The molecule has 1 atom stereocenters. The minimum atomic E-state index is 0.412. The van der Waals surface area contributed by atoms with Crippen LogP contribution in [0.15, 0.2) is 54.6 Å². The van der Waals surface area contributed by atoms with Crippen LogP contribution in [0.1, 0.15) is 36.9 Å². The highest BCUT2D eigenvalue weighted by molar-refractivity contribution is 6.30. The van der Waals surface area contributed by atoms with Gasteiger partial charge in [-0.3, -0.25) is 0 Å². The fourth-order valence-corrected chi connectivity index (χ4v) is 2.61. The Balaban J connectivity index is 2.01. The van der Waals surface area contributed by atoms with Crippen LogP contribution < -0.4 is 5.32 Å². The molecule has 106 valence electrons. The van der Waals surface area contributed by atoms with Gasteiger partial charge in [-0.2, -0.15) is 0 Å². The van der Waals surface area contributed by atoms with E-state index in [0.29, 0.717) is 6.04 Å². The molecule has 0 aliphatic rings. The SMILES string of the molecule is CCCNC(CCc1cccc(Cl)c1)c1ccccc1. The molecule has 1 N–H and O–H groups in total. The second-order valence-corrected chi connectivity index (χ2v) is 5.52. The van der Waals surface area contributed by atoms with Crippen LogP contribution in [0.25, 0.3) is 0 Å². The molecule has 0 amide bonds. The van der Waals surface area contributed by atoms with Gasteiger partial charge in [-0.05, 0) is 49.1 Å². The maximum atomic E-state index is 6.05. The Morgan fingerprint density at radius 2 is 1.85 bits per heavy atom. The molecule has 0 aliphatic carbocycles. The molecular weight excluding hydrogens is 266 g/mol. The summed E-state index contributed by atoms with van der Waals surface area (Å²) < 4.78 is 0. The van der Waals surface area contributed by atoms with Crippen LogP contribution in [0.3, 0.4) is 0 Å². The van der Waals surface area contributed by atoms with E-state index in [0.717, 1.165) is 30.8 Å². The van der Waals surface area contributed by atoms with Crippen LogP contribution in [0, 0.1) is 0 Å². The highest BCUT2D eigenvalue weighted by Gasteiger charge is 2.10. The molecule has 1 unspecified atom stereocenters. The first-order chi connectivity index (χ1) is 9.79. The highest BCUT2D eigenvalue weighted by atomic mass is 35.5. The summed E-state index contributed by atoms with van der Waals surface area (Å²) >= 11 is 6.05. The van der Waals surface area contributed by atoms with Crippen LogP contribution >= 0.6 is 11.6 Å². The van der Waals surface area contributed by atoms with Crippen LogP contribution in [0.2, 0.25) is 5.02 Å². The summed E-state index contributed by atoms with van der Waals surface area (Å²) in [6.07, 6.45) is 3.28. The van der Waals surface area contributed by atoms with Gasteiger partial charge in [0.1, 0.15) is 0 Å². The largest absolute Gasteiger partial charge is 0.310 e. The maximum Gasteiger partial charge on any atom is 0.0408 e. The average molecular weight is 288 g/mol. The van der Waals surface area contributed by atoms with E-state index in [9.17, 15) is 0 Å². The fourth-order valence-electron chi connectivity index (χ4n) is 2.39. The fraction of sp³-hybridized carbons (Fsp3) is 0.333. The first kappa shape index (κ1) is 15.1. The third-order valence-electron chi connectivity index (χ3n) is 3.45. The highest BCUT2D eigenvalue weighted by Crippen LogP contribution is 2.20. The first-order valence-corrected chi connectivity index (χ1v) is 7.70. The topological polar surface area (TPSA) is 12.0 Å². The van der Waals surface area contributed by atoms with Gasteiger partial charge in [-0.15, -0.1) is 0 Å². The predicted octanol–water partition coefficient (Wildman–Crippen LogP) is 5.01.